The summed E-state index contributed by atoms with van der Waals surface area (Å²) in [5, 5.41) is 0. The molecular formula is C15H23FN2S. The van der Waals surface area contributed by atoms with Crippen LogP contribution in [-0.4, -0.2) is 36.0 Å². The molecule has 2 atom stereocenters. The van der Waals surface area contributed by atoms with Crippen molar-refractivity contribution >= 4 is 11.8 Å². The fourth-order valence-corrected chi connectivity index (χ4v) is 3.48. The molecule has 2 unspecified atom stereocenters. The summed E-state index contributed by atoms with van der Waals surface area (Å²) in [6.45, 7) is 5.34. The Balaban J connectivity index is 1.95. The summed E-state index contributed by atoms with van der Waals surface area (Å²) in [6, 6.07) is 6.63. The van der Waals surface area contributed by atoms with Crippen LogP contribution in [0, 0.1) is 11.7 Å². The molecule has 0 spiro atoms. The Hall–Kier alpha value is -0.580. The fourth-order valence-electron chi connectivity index (χ4n) is 2.55. The molecule has 0 bridgehead atoms. The molecule has 1 heterocycles. The second-order valence-corrected chi connectivity index (χ2v) is 6.52. The SMILES string of the molecule is CC(CN1CCCSCC1)C(N)c1ccccc1F. The molecule has 2 nitrogen and oxygen atoms in total. The molecule has 19 heavy (non-hydrogen) atoms. The van der Waals surface area contributed by atoms with Gasteiger partial charge in [-0.1, -0.05) is 25.1 Å². The Bertz CT molecular complexity index is 391. The van der Waals surface area contributed by atoms with Crippen LogP contribution in [0.15, 0.2) is 24.3 Å². The van der Waals surface area contributed by atoms with Crippen molar-refractivity contribution in [2.45, 2.75) is 19.4 Å². The molecule has 106 valence electrons. The summed E-state index contributed by atoms with van der Waals surface area (Å²) >= 11 is 2.02. The van der Waals surface area contributed by atoms with E-state index < -0.39 is 0 Å². The van der Waals surface area contributed by atoms with Crippen molar-refractivity contribution in [3.8, 4) is 0 Å². The molecule has 0 aromatic heterocycles. The van der Waals surface area contributed by atoms with Gasteiger partial charge in [-0.2, -0.15) is 11.8 Å². The minimum Gasteiger partial charge on any atom is -0.324 e. The van der Waals surface area contributed by atoms with Crippen LogP contribution in [0.1, 0.15) is 24.9 Å². The summed E-state index contributed by atoms with van der Waals surface area (Å²) in [6.07, 6.45) is 1.24. The average molecular weight is 282 g/mol. The number of benzene rings is 1. The van der Waals surface area contributed by atoms with Crippen LogP contribution in [0.3, 0.4) is 0 Å². The fraction of sp³-hybridized carbons (Fsp3) is 0.600. The van der Waals surface area contributed by atoms with Crippen molar-refractivity contribution in [3.63, 3.8) is 0 Å². The van der Waals surface area contributed by atoms with Crippen molar-refractivity contribution in [2.24, 2.45) is 11.7 Å². The van der Waals surface area contributed by atoms with Crippen LogP contribution >= 0.6 is 11.8 Å². The summed E-state index contributed by atoms with van der Waals surface area (Å²) in [4.78, 5) is 2.46. The van der Waals surface area contributed by atoms with Crippen LogP contribution in [0.5, 0.6) is 0 Å². The number of nitrogens with zero attached hydrogens (tertiary/aromatic N) is 1. The Morgan fingerprint density at radius 1 is 1.32 bits per heavy atom. The van der Waals surface area contributed by atoms with Crippen LogP contribution in [-0.2, 0) is 0 Å². The molecule has 2 N–H and O–H groups in total. The van der Waals surface area contributed by atoms with Gasteiger partial charge < -0.3 is 10.6 Å². The van der Waals surface area contributed by atoms with Crippen molar-refractivity contribution in [2.75, 3.05) is 31.1 Å². The van der Waals surface area contributed by atoms with E-state index >= 15 is 0 Å². The highest BCUT2D eigenvalue weighted by Gasteiger charge is 2.21. The van der Waals surface area contributed by atoms with E-state index in [1.165, 1.54) is 24.0 Å². The first-order chi connectivity index (χ1) is 9.18. The predicted molar refractivity (Wildman–Crippen MR) is 80.9 cm³/mol. The maximum Gasteiger partial charge on any atom is 0.127 e. The molecular weight excluding hydrogens is 259 g/mol. The Morgan fingerprint density at radius 2 is 2.11 bits per heavy atom. The molecule has 2 rings (SSSR count). The zero-order valence-corrected chi connectivity index (χ0v) is 12.3. The van der Waals surface area contributed by atoms with Crippen molar-refractivity contribution in [1.82, 2.24) is 4.90 Å². The van der Waals surface area contributed by atoms with E-state index in [1.54, 1.807) is 12.1 Å². The summed E-state index contributed by atoms with van der Waals surface area (Å²) in [5.41, 5.74) is 6.86. The lowest BCUT2D eigenvalue weighted by molar-refractivity contribution is 0.236. The third kappa shape index (κ3) is 4.20. The molecule has 1 aliphatic rings. The maximum atomic E-state index is 13.7. The molecule has 0 saturated carbocycles. The first kappa shape index (κ1) is 14.8. The summed E-state index contributed by atoms with van der Waals surface area (Å²) in [5.74, 6) is 2.53. The minimum absolute atomic E-state index is 0.187. The van der Waals surface area contributed by atoms with Gasteiger partial charge in [-0.3, -0.25) is 0 Å². The summed E-state index contributed by atoms with van der Waals surface area (Å²) < 4.78 is 13.7. The lowest BCUT2D eigenvalue weighted by Crippen LogP contribution is -2.35. The molecule has 1 aliphatic heterocycles. The number of hydrogen-bond donors (Lipinski definition) is 1. The third-order valence-electron chi connectivity index (χ3n) is 3.74. The van der Waals surface area contributed by atoms with E-state index in [1.807, 2.05) is 17.8 Å². The zero-order valence-electron chi connectivity index (χ0n) is 11.5. The lowest BCUT2D eigenvalue weighted by Gasteiger charge is -2.27. The Morgan fingerprint density at radius 3 is 2.89 bits per heavy atom. The van der Waals surface area contributed by atoms with Crippen LogP contribution < -0.4 is 5.73 Å². The van der Waals surface area contributed by atoms with Gasteiger partial charge in [0.1, 0.15) is 5.82 Å². The lowest BCUT2D eigenvalue weighted by atomic mass is 9.94. The number of halogens is 1. The highest BCUT2D eigenvalue weighted by atomic mass is 32.2. The van der Waals surface area contributed by atoms with Gasteiger partial charge in [0, 0.05) is 30.4 Å². The van der Waals surface area contributed by atoms with E-state index in [0.29, 0.717) is 5.56 Å². The van der Waals surface area contributed by atoms with Gasteiger partial charge in [-0.05, 0) is 30.7 Å². The smallest absolute Gasteiger partial charge is 0.127 e. The largest absolute Gasteiger partial charge is 0.324 e. The topological polar surface area (TPSA) is 29.3 Å². The molecule has 0 amide bonds. The molecule has 0 radical (unpaired) electrons. The average Bonchev–Trinajstić information content (AvgIpc) is 2.67. The van der Waals surface area contributed by atoms with E-state index in [2.05, 4.69) is 11.8 Å². The van der Waals surface area contributed by atoms with Crippen molar-refractivity contribution in [3.05, 3.63) is 35.6 Å². The molecule has 4 heteroatoms. The number of nitrogens with two attached hydrogens (primary N) is 1. The normalized spacial score (nSPS) is 20.8. The van der Waals surface area contributed by atoms with Gasteiger partial charge >= 0.3 is 0 Å². The van der Waals surface area contributed by atoms with Crippen molar-refractivity contribution < 1.29 is 4.39 Å². The molecule has 1 fully saturated rings. The molecule has 1 saturated heterocycles. The highest BCUT2D eigenvalue weighted by molar-refractivity contribution is 7.99. The quantitative estimate of drug-likeness (QED) is 0.920. The van der Waals surface area contributed by atoms with Crippen molar-refractivity contribution in [1.29, 1.82) is 0 Å². The monoisotopic (exact) mass is 282 g/mol. The van der Waals surface area contributed by atoms with Crippen LogP contribution in [0.2, 0.25) is 0 Å². The minimum atomic E-state index is -0.225. The van der Waals surface area contributed by atoms with E-state index in [9.17, 15) is 4.39 Å². The van der Waals surface area contributed by atoms with Gasteiger partial charge in [0.05, 0.1) is 0 Å². The van der Waals surface area contributed by atoms with E-state index in [0.717, 1.165) is 19.6 Å². The highest BCUT2D eigenvalue weighted by Crippen LogP contribution is 2.23. The van der Waals surface area contributed by atoms with E-state index in [4.69, 9.17) is 5.73 Å². The van der Waals surface area contributed by atoms with E-state index in [-0.39, 0.29) is 17.8 Å². The first-order valence-corrected chi connectivity index (χ1v) is 8.14. The van der Waals surface area contributed by atoms with Crippen LogP contribution in [0.4, 0.5) is 4.39 Å². The second kappa shape index (κ2) is 7.27. The van der Waals surface area contributed by atoms with Crippen LogP contribution in [0.25, 0.3) is 0 Å². The zero-order chi connectivity index (χ0) is 13.7. The first-order valence-electron chi connectivity index (χ1n) is 6.98. The number of rotatable bonds is 4. The molecule has 1 aromatic carbocycles. The standard InChI is InChI=1S/C15H23FN2S/c1-12(11-18-7-4-9-19-10-8-18)15(17)13-5-2-3-6-14(13)16/h2-3,5-6,12,15H,4,7-11,17H2,1H3. The van der Waals surface area contributed by atoms with Gasteiger partial charge in [0.25, 0.3) is 0 Å². The number of hydrogen-bond acceptors (Lipinski definition) is 3. The molecule has 0 aliphatic carbocycles. The van der Waals surface area contributed by atoms with Gasteiger partial charge in [0.2, 0.25) is 0 Å². The van der Waals surface area contributed by atoms with Gasteiger partial charge in [-0.25, -0.2) is 4.39 Å². The second-order valence-electron chi connectivity index (χ2n) is 5.29. The van der Waals surface area contributed by atoms with Gasteiger partial charge in [-0.15, -0.1) is 0 Å². The van der Waals surface area contributed by atoms with Gasteiger partial charge in [0.15, 0.2) is 0 Å². The maximum absolute atomic E-state index is 13.7. The third-order valence-corrected chi connectivity index (χ3v) is 4.79. The Labute approximate surface area is 119 Å². The molecule has 1 aromatic rings. The predicted octanol–water partition coefficient (Wildman–Crippen LogP) is 2.90. The Kier molecular flexibility index (Phi) is 5.67. The summed E-state index contributed by atoms with van der Waals surface area (Å²) in [7, 11) is 0. The number of thioether (sulfide) groups is 1.